The highest BCUT2D eigenvalue weighted by molar-refractivity contribution is 5.68. The van der Waals surface area contributed by atoms with Gasteiger partial charge in [-0.2, -0.15) is 0 Å². The lowest BCUT2D eigenvalue weighted by Crippen LogP contribution is -2.16. The molecule has 4 nitrogen and oxygen atoms in total. The summed E-state index contributed by atoms with van der Waals surface area (Å²) < 4.78 is 9.69. The van der Waals surface area contributed by atoms with Gasteiger partial charge in [0, 0.05) is 6.07 Å². The molecule has 0 spiro atoms. The van der Waals surface area contributed by atoms with E-state index in [0.29, 0.717) is 17.3 Å². The molecule has 60 valence electrons. The molecule has 0 saturated heterocycles. The van der Waals surface area contributed by atoms with E-state index in [1.54, 1.807) is 19.9 Å². The van der Waals surface area contributed by atoms with Crippen molar-refractivity contribution in [3.8, 4) is 5.75 Å². The van der Waals surface area contributed by atoms with Crippen LogP contribution in [0.15, 0.2) is 10.5 Å². The predicted octanol–water partition coefficient (Wildman–Crippen LogP) is 1.35. The Hall–Kier alpha value is -1.45. The fourth-order valence-electron chi connectivity index (χ4n) is 0.817. The number of ether oxygens (including phenoxy) is 1. The molecule has 1 rings (SSSR count). The number of carbonyl (C=O) groups excluding carboxylic acids is 1. The number of furan rings is 1. The van der Waals surface area contributed by atoms with Crippen molar-refractivity contribution in [3.05, 3.63) is 17.6 Å². The molecule has 0 aliphatic rings. The van der Waals surface area contributed by atoms with Crippen LogP contribution in [0.1, 0.15) is 11.5 Å². The molecule has 0 unspecified atom stereocenters. The standard InChI is InChI=1S/C7H9NO3/c1-4-3-6(5(2)10-4)11-7(8)9/h3H,1-2H3,(H2,8,9). The molecule has 0 aromatic carbocycles. The second-order valence-electron chi connectivity index (χ2n) is 2.20. The third kappa shape index (κ3) is 1.73. The smallest absolute Gasteiger partial charge is 0.410 e. The highest BCUT2D eigenvalue weighted by atomic mass is 16.6. The van der Waals surface area contributed by atoms with Crippen molar-refractivity contribution < 1.29 is 13.9 Å². The number of aryl methyl sites for hydroxylation is 2. The van der Waals surface area contributed by atoms with Crippen LogP contribution in [-0.2, 0) is 0 Å². The lowest BCUT2D eigenvalue weighted by molar-refractivity contribution is 0.210. The van der Waals surface area contributed by atoms with E-state index in [4.69, 9.17) is 10.2 Å². The van der Waals surface area contributed by atoms with E-state index >= 15 is 0 Å². The first-order chi connectivity index (χ1) is 5.09. The molecular formula is C7H9NO3. The second kappa shape index (κ2) is 2.65. The van der Waals surface area contributed by atoms with Gasteiger partial charge in [0.1, 0.15) is 11.5 Å². The third-order valence-corrected chi connectivity index (χ3v) is 1.21. The van der Waals surface area contributed by atoms with Crippen molar-refractivity contribution in [3.63, 3.8) is 0 Å². The summed E-state index contributed by atoms with van der Waals surface area (Å²) in [5.74, 6) is 1.63. The molecule has 0 saturated carbocycles. The fraction of sp³-hybridized carbons (Fsp3) is 0.286. The molecular weight excluding hydrogens is 146 g/mol. The van der Waals surface area contributed by atoms with E-state index < -0.39 is 6.09 Å². The highest BCUT2D eigenvalue weighted by Crippen LogP contribution is 2.21. The average Bonchev–Trinajstić information content (AvgIpc) is 2.09. The van der Waals surface area contributed by atoms with E-state index in [2.05, 4.69) is 4.74 Å². The van der Waals surface area contributed by atoms with Gasteiger partial charge in [-0.3, -0.25) is 0 Å². The van der Waals surface area contributed by atoms with Crippen LogP contribution >= 0.6 is 0 Å². The molecule has 1 aromatic heterocycles. The molecule has 1 heterocycles. The normalized spacial score (nSPS) is 9.64. The summed E-state index contributed by atoms with van der Waals surface area (Å²) in [5.41, 5.74) is 4.80. The molecule has 1 amide bonds. The minimum absolute atomic E-state index is 0.384. The lowest BCUT2D eigenvalue weighted by Gasteiger charge is -1.94. The summed E-state index contributed by atoms with van der Waals surface area (Å²) in [6.07, 6.45) is -0.825. The highest BCUT2D eigenvalue weighted by Gasteiger charge is 2.07. The fourth-order valence-corrected chi connectivity index (χ4v) is 0.817. The van der Waals surface area contributed by atoms with Gasteiger partial charge in [0.2, 0.25) is 0 Å². The monoisotopic (exact) mass is 155 g/mol. The minimum atomic E-state index is -0.825. The Morgan fingerprint density at radius 2 is 2.27 bits per heavy atom. The number of primary amides is 1. The minimum Gasteiger partial charge on any atom is -0.463 e. The van der Waals surface area contributed by atoms with Crippen molar-refractivity contribution in [1.82, 2.24) is 0 Å². The number of carbonyl (C=O) groups is 1. The van der Waals surface area contributed by atoms with Gasteiger partial charge < -0.3 is 14.9 Å². The summed E-state index contributed by atoms with van der Waals surface area (Å²) in [6, 6.07) is 1.61. The molecule has 4 heteroatoms. The average molecular weight is 155 g/mol. The van der Waals surface area contributed by atoms with E-state index in [-0.39, 0.29) is 0 Å². The van der Waals surface area contributed by atoms with E-state index in [9.17, 15) is 4.79 Å². The molecule has 0 bridgehead atoms. The zero-order chi connectivity index (χ0) is 8.43. The van der Waals surface area contributed by atoms with E-state index in [1.165, 1.54) is 0 Å². The lowest BCUT2D eigenvalue weighted by atomic mass is 10.4. The molecule has 0 aliphatic heterocycles. The number of rotatable bonds is 1. The Morgan fingerprint density at radius 3 is 2.64 bits per heavy atom. The first kappa shape index (κ1) is 7.65. The van der Waals surface area contributed by atoms with Gasteiger partial charge >= 0.3 is 6.09 Å². The van der Waals surface area contributed by atoms with E-state index in [0.717, 1.165) is 0 Å². The van der Waals surface area contributed by atoms with Crippen LogP contribution in [0.3, 0.4) is 0 Å². The van der Waals surface area contributed by atoms with Gasteiger partial charge in [-0.15, -0.1) is 0 Å². The van der Waals surface area contributed by atoms with Crippen molar-refractivity contribution in [1.29, 1.82) is 0 Å². The Balaban J connectivity index is 2.85. The van der Waals surface area contributed by atoms with Gasteiger partial charge in [0.05, 0.1) is 0 Å². The van der Waals surface area contributed by atoms with Gasteiger partial charge in [-0.1, -0.05) is 0 Å². The van der Waals surface area contributed by atoms with Crippen LogP contribution in [-0.4, -0.2) is 6.09 Å². The Kier molecular flexibility index (Phi) is 1.85. The first-order valence-corrected chi connectivity index (χ1v) is 3.14. The second-order valence-corrected chi connectivity index (χ2v) is 2.20. The van der Waals surface area contributed by atoms with Crippen LogP contribution in [0.4, 0.5) is 4.79 Å². The van der Waals surface area contributed by atoms with Crippen LogP contribution in [0.5, 0.6) is 5.75 Å². The first-order valence-electron chi connectivity index (χ1n) is 3.14. The summed E-state index contributed by atoms with van der Waals surface area (Å²) in [5, 5.41) is 0. The molecule has 0 fully saturated rings. The quantitative estimate of drug-likeness (QED) is 0.665. The maximum absolute atomic E-state index is 10.3. The largest absolute Gasteiger partial charge is 0.463 e. The van der Waals surface area contributed by atoms with Crippen molar-refractivity contribution in [2.24, 2.45) is 5.73 Å². The van der Waals surface area contributed by atoms with Gasteiger partial charge in [0.25, 0.3) is 0 Å². The Bertz CT molecular complexity index is 277. The Labute approximate surface area is 63.9 Å². The van der Waals surface area contributed by atoms with Crippen LogP contribution < -0.4 is 10.5 Å². The van der Waals surface area contributed by atoms with Gasteiger partial charge in [-0.05, 0) is 13.8 Å². The maximum atomic E-state index is 10.3. The molecule has 0 radical (unpaired) electrons. The zero-order valence-electron chi connectivity index (χ0n) is 6.38. The van der Waals surface area contributed by atoms with Crippen molar-refractivity contribution >= 4 is 6.09 Å². The number of nitrogens with two attached hydrogens (primary N) is 1. The van der Waals surface area contributed by atoms with Gasteiger partial charge in [-0.25, -0.2) is 4.79 Å². The molecule has 0 atom stereocenters. The van der Waals surface area contributed by atoms with Crippen LogP contribution in [0.2, 0.25) is 0 Å². The zero-order valence-corrected chi connectivity index (χ0v) is 6.38. The summed E-state index contributed by atoms with van der Waals surface area (Å²) in [7, 11) is 0. The van der Waals surface area contributed by atoms with Crippen LogP contribution in [0.25, 0.3) is 0 Å². The van der Waals surface area contributed by atoms with Crippen molar-refractivity contribution in [2.75, 3.05) is 0 Å². The van der Waals surface area contributed by atoms with E-state index in [1.807, 2.05) is 0 Å². The maximum Gasteiger partial charge on any atom is 0.410 e. The number of hydrogen-bond donors (Lipinski definition) is 1. The molecule has 2 N–H and O–H groups in total. The predicted molar refractivity (Wildman–Crippen MR) is 38.4 cm³/mol. The Morgan fingerprint density at radius 1 is 1.64 bits per heavy atom. The summed E-state index contributed by atoms with van der Waals surface area (Å²) >= 11 is 0. The topological polar surface area (TPSA) is 65.5 Å². The molecule has 0 aliphatic carbocycles. The molecule has 1 aromatic rings. The van der Waals surface area contributed by atoms with Crippen LogP contribution in [0, 0.1) is 13.8 Å². The molecule has 11 heavy (non-hydrogen) atoms. The summed E-state index contributed by atoms with van der Waals surface area (Å²) in [6.45, 7) is 3.46. The number of hydrogen-bond acceptors (Lipinski definition) is 3. The SMILES string of the molecule is Cc1cc(OC(N)=O)c(C)o1. The van der Waals surface area contributed by atoms with Crippen molar-refractivity contribution in [2.45, 2.75) is 13.8 Å². The third-order valence-electron chi connectivity index (χ3n) is 1.21. The van der Waals surface area contributed by atoms with Gasteiger partial charge in [0.15, 0.2) is 5.75 Å². The number of amides is 1. The summed E-state index contributed by atoms with van der Waals surface area (Å²) in [4.78, 5) is 10.3.